The maximum atomic E-state index is 14.5. The zero-order valence-electron chi connectivity index (χ0n) is 14.7. The molecule has 9 heteroatoms. The number of carbonyl (C=O) groups is 1. The second kappa shape index (κ2) is 8.53. The van der Waals surface area contributed by atoms with Crippen LogP contribution in [0.2, 0.25) is 5.02 Å². The Hall–Kier alpha value is -2.71. The molecule has 0 aliphatic rings. The third kappa shape index (κ3) is 4.07. The summed E-state index contributed by atoms with van der Waals surface area (Å²) in [7, 11) is 0. The predicted octanol–water partition coefficient (Wildman–Crippen LogP) is 5.45. The first kappa shape index (κ1) is 20.0. The lowest BCUT2D eigenvalue weighted by Gasteiger charge is -2.14. The highest BCUT2D eigenvalue weighted by Crippen LogP contribution is 2.35. The van der Waals surface area contributed by atoms with Crippen LogP contribution >= 0.6 is 27.5 Å². The molecule has 2 N–H and O–H groups in total. The summed E-state index contributed by atoms with van der Waals surface area (Å²) in [6.45, 7) is 5.68. The molecule has 2 aromatic carbocycles. The van der Waals surface area contributed by atoms with Gasteiger partial charge in [0.25, 0.3) is 0 Å². The summed E-state index contributed by atoms with van der Waals surface area (Å²) in [6.07, 6.45) is 2.50. The average molecular weight is 466 g/mol. The van der Waals surface area contributed by atoms with E-state index < -0.39 is 11.7 Å². The van der Waals surface area contributed by atoms with Gasteiger partial charge in [-0.1, -0.05) is 18.2 Å². The van der Waals surface area contributed by atoms with Crippen LogP contribution in [0.5, 0.6) is 5.75 Å². The van der Waals surface area contributed by atoms with Crippen LogP contribution in [-0.4, -0.2) is 22.5 Å². The van der Waals surface area contributed by atoms with E-state index in [9.17, 15) is 9.18 Å². The molecule has 0 radical (unpaired) electrons. The van der Waals surface area contributed by atoms with Crippen molar-refractivity contribution >= 4 is 61.5 Å². The van der Waals surface area contributed by atoms with Crippen molar-refractivity contribution in [1.29, 1.82) is 0 Å². The monoisotopic (exact) mass is 464 g/mol. The second-order valence-electron chi connectivity index (χ2n) is 5.56. The third-order valence-electron chi connectivity index (χ3n) is 3.77. The molecule has 0 unspecified atom stereocenters. The molecule has 0 saturated carbocycles. The van der Waals surface area contributed by atoms with Gasteiger partial charge in [0, 0.05) is 15.9 Å². The Bertz CT molecular complexity index is 1080. The lowest BCUT2D eigenvalue weighted by Crippen LogP contribution is -2.09. The number of halogens is 3. The highest BCUT2D eigenvalue weighted by molar-refractivity contribution is 9.10. The maximum Gasteiger partial charge on any atom is 0.247 e. The molecule has 1 aromatic heterocycles. The second-order valence-corrected chi connectivity index (χ2v) is 6.79. The van der Waals surface area contributed by atoms with Crippen molar-refractivity contribution in [2.45, 2.75) is 6.92 Å². The van der Waals surface area contributed by atoms with Gasteiger partial charge in [-0.05, 0) is 47.1 Å². The van der Waals surface area contributed by atoms with E-state index in [2.05, 4.69) is 43.1 Å². The van der Waals surface area contributed by atoms with Crippen LogP contribution in [-0.2, 0) is 4.79 Å². The van der Waals surface area contributed by atoms with Crippen molar-refractivity contribution in [3.05, 3.63) is 58.6 Å². The van der Waals surface area contributed by atoms with E-state index in [1.165, 1.54) is 12.4 Å². The smallest absolute Gasteiger partial charge is 0.247 e. The summed E-state index contributed by atoms with van der Waals surface area (Å²) >= 11 is 9.13. The zero-order valence-corrected chi connectivity index (χ0v) is 17.1. The van der Waals surface area contributed by atoms with E-state index in [4.69, 9.17) is 16.3 Å². The van der Waals surface area contributed by atoms with Crippen LogP contribution in [0.4, 0.5) is 21.6 Å². The third-order valence-corrected chi connectivity index (χ3v) is 5.03. The van der Waals surface area contributed by atoms with E-state index in [0.717, 1.165) is 6.08 Å². The van der Waals surface area contributed by atoms with Gasteiger partial charge in [-0.25, -0.2) is 14.4 Å². The topological polar surface area (TPSA) is 76.1 Å². The van der Waals surface area contributed by atoms with Crippen LogP contribution in [0.3, 0.4) is 0 Å². The summed E-state index contributed by atoms with van der Waals surface area (Å²) in [5.41, 5.74) is 1.13. The van der Waals surface area contributed by atoms with Crippen LogP contribution in [0.15, 0.2) is 47.7 Å². The molecule has 1 heterocycles. The number of aromatic nitrogens is 2. The number of carbonyl (C=O) groups excluding carboxylic acids is 1. The average Bonchev–Trinajstić information content (AvgIpc) is 2.69. The Labute approximate surface area is 173 Å². The number of amides is 1. The summed E-state index contributed by atoms with van der Waals surface area (Å²) in [5, 5.41) is 6.13. The molecule has 0 saturated heterocycles. The fourth-order valence-electron chi connectivity index (χ4n) is 2.49. The van der Waals surface area contributed by atoms with Gasteiger partial charge in [0.1, 0.15) is 17.9 Å². The number of ether oxygens (including phenoxy) is 1. The van der Waals surface area contributed by atoms with Gasteiger partial charge in [0.05, 0.1) is 28.5 Å². The molecule has 28 heavy (non-hydrogen) atoms. The first-order chi connectivity index (χ1) is 13.4. The minimum Gasteiger partial charge on any atom is -0.492 e. The zero-order chi connectivity index (χ0) is 20.3. The van der Waals surface area contributed by atoms with Crippen molar-refractivity contribution in [2.24, 2.45) is 0 Å². The fraction of sp³-hybridized carbons (Fsp3) is 0.105. The minimum absolute atomic E-state index is 0.0408. The number of fused-ring (bicyclic) bond motifs is 1. The molecule has 0 aliphatic carbocycles. The van der Waals surface area contributed by atoms with Gasteiger partial charge < -0.3 is 15.4 Å². The van der Waals surface area contributed by atoms with Crippen molar-refractivity contribution in [3.8, 4) is 5.75 Å². The highest BCUT2D eigenvalue weighted by atomic mass is 79.9. The predicted molar refractivity (Wildman–Crippen MR) is 112 cm³/mol. The first-order valence-corrected chi connectivity index (χ1v) is 9.37. The molecule has 3 rings (SSSR count). The molecular formula is C19H15BrClFN4O2. The number of benzene rings is 2. The van der Waals surface area contributed by atoms with Gasteiger partial charge in [-0.2, -0.15) is 0 Å². The van der Waals surface area contributed by atoms with E-state index in [-0.39, 0.29) is 10.7 Å². The van der Waals surface area contributed by atoms with Gasteiger partial charge in [0.2, 0.25) is 5.91 Å². The first-order valence-electron chi connectivity index (χ1n) is 8.20. The molecule has 144 valence electrons. The Morgan fingerprint density at radius 3 is 2.86 bits per heavy atom. The van der Waals surface area contributed by atoms with Gasteiger partial charge in [-0.15, -0.1) is 0 Å². The number of nitrogens with one attached hydrogen (secondary N) is 2. The molecule has 1 amide bonds. The molecule has 0 bridgehead atoms. The number of hydrogen-bond donors (Lipinski definition) is 2. The van der Waals surface area contributed by atoms with Gasteiger partial charge >= 0.3 is 0 Å². The lowest BCUT2D eigenvalue weighted by atomic mass is 10.1. The maximum absolute atomic E-state index is 14.5. The molecule has 3 aromatic rings. The molecular weight excluding hydrogens is 451 g/mol. The normalized spacial score (nSPS) is 10.6. The van der Waals surface area contributed by atoms with E-state index in [1.807, 2.05) is 6.92 Å². The van der Waals surface area contributed by atoms with Crippen LogP contribution in [0, 0.1) is 5.82 Å². The van der Waals surface area contributed by atoms with Crippen LogP contribution < -0.4 is 15.4 Å². The van der Waals surface area contributed by atoms with Gasteiger partial charge in [-0.3, -0.25) is 4.79 Å². The number of rotatable bonds is 6. The lowest BCUT2D eigenvalue weighted by molar-refractivity contribution is -0.111. The van der Waals surface area contributed by atoms with Crippen molar-refractivity contribution in [1.82, 2.24) is 9.97 Å². The largest absolute Gasteiger partial charge is 0.492 e. The van der Waals surface area contributed by atoms with E-state index in [0.29, 0.717) is 39.2 Å². The van der Waals surface area contributed by atoms with Crippen molar-refractivity contribution in [3.63, 3.8) is 0 Å². The van der Waals surface area contributed by atoms with Gasteiger partial charge in [0.15, 0.2) is 5.82 Å². The summed E-state index contributed by atoms with van der Waals surface area (Å²) in [6, 6.07) is 6.49. The van der Waals surface area contributed by atoms with Crippen molar-refractivity contribution < 1.29 is 13.9 Å². The van der Waals surface area contributed by atoms with E-state index in [1.54, 1.807) is 18.2 Å². The molecule has 0 fully saturated rings. The fourth-order valence-corrected chi connectivity index (χ4v) is 2.96. The summed E-state index contributed by atoms with van der Waals surface area (Å²) in [5.74, 6) is -0.210. The molecule has 0 aliphatic heterocycles. The number of hydrogen-bond acceptors (Lipinski definition) is 5. The molecule has 0 atom stereocenters. The molecule has 0 spiro atoms. The Kier molecular flexibility index (Phi) is 6.11. The Morgan fingerprint density at radius 2 is 2.14 bits per heavy atom. The van der Waals surface area contributed by atoms with Crippen LogP contribution in [0.25, 0.3) is 10.9 Å². The number of anilines is 3. The Balaban J connectivity index is 2.10. The van der Waals surface area contributed by atoms with E-state index >= 15 is 0 Å². The highest BCUT2D eigenvalue weighted by Gasteiger charge is 2.15. The number of nitrogens with zero attached hydrogens (tertiary/aromatic N) is 2. The summed E-state index contributed by atoms with van der Waals surface area (Å²) < 4.78 is 20.5. The van der Waals surface area contributed by atoms with Crippen LogP contribution in [0.1, 0.15) is 6.92 Å². The standard InChI is InChI=1S/C19H15BrClFN4O2/c1-3-16(27)25-14-7-10-13(8-15(14)28-4-2)23-9-24-19(10)26-12-6-5-11(20)17(21)18(12)22/h3,5-9H,1,4H2,2H3,(H,25,27)(H,23,24,26). The molecule has 6 nitrogen and oxygen atoms in total. The quantitative estimate of drug-likeness (QED) is 0.374. The summed E-state index contributed by atoms with van der Waals surface area (Å²) in [4.78, 5) is 20.2. The SMILES string of the molecule is C=CC(=O)Nc1cc2c(Nc3ccc(Br)c(Cl)c3F)ncnc2cc1OCC. The Morgan fingerprint density at radius 1 is 1.36 bits per heavy atom. The van der Waals surface area contributed by atoms with Crippen molar-refractivity contribution in [2.75, 3.05) is 17.2 Å². The minimum atomic E-state index is -0.617.